The van der Waals surface area contributed by atoms with E-state index in [1.54, 1.807) is 6.20 Å². The Bertz CT molecular complexity index is 579. The summed E-state index contributed by atoms with van der Waals surface area (Å²) in [4.78, 5) is 11.3. The first-order valence-corrected chi connectivity index (χ1v) is 7.16. The summed E-state index contributed by atoms with van der Waals surface area (Å²) in [6.45, 7) is 5.04. The molecule has 1 aliphatic rings. The number of anilines is 2. The van der Waals surface area contributed by atoms with E-state index in [1.807, 2.05) is 6.92 Å². The zero-order chi connectivity index (χ0) is 13.9. The van der Waals surface area contributed by atoms with Gasteiger partial charge in [0.25, 0.3) is 0 Å². The Kier molecular flexibility index (Phi) is 3.68. The summed E-state index contributed by atoms with van der Waals surface area (Å²) in [6, 6.07) is 0.427. The first kappa shape index (κ1) is 13.1. The summed E-state index contributed by atoms with van der Waals surface area (Å²) in [5.74, 6) is 1.50. The number of likely N-dealkylation sites (tertiary alicyclic amines) is 1. The summed E-state index contributed by atoms with van der Waals surface area (Å²) >= 11 is 0. The van der Waals surface area contributed by atoms with Gasteiger partial charge in [0, 0.05) is 19.1 Å². The van der Waals surface area contributed by atoms with Crippen LogP contribution in [0.1, 0.15) is 19.8 Å². The molecule has 1 fully saturated rings. The van der Waals surface area contributed by atoms with Gasteiger partial charge in [0.2, 0.25) is 5.95 Å². The van der Waals surface area contributed by atoms with Crippen LogP contribution in [-0.4, -0.2) is 57.8 Å². The Morgan fingerprint density at radius 3 is 3.15 bits per heavy atom. The van der Waals surface area contributed by atoms with Gasteiger partial charge < -0.3 is 15.5 Å². The molecule has 2 aromatic heterocycles. The van der Waals surface area contributed by atoms with Gasteiger partial charge >= 0.3 is 0 Å². The van der Waals surface area contributed by atoms with Crippen molar-refractivity contribution in [2.45, 2.75) is 25.8 Å². The normalized spacial score (nSPS) is 20.2. The van der Waals surface area contributed by atoms with Gasteiger partial charge in [-0.1, -0.05) is 0 Å². The number of nitrogens with zero attached hydrogens (tertiary/aromatic N) is 4. The van der Waals surface area contributed by atoms with Crippen molar-refractivity contribution in [1.29, 1.82) is 0 Å². The predicted molar refractivity (Wildman–Crippen MR) is 80.0 cm³/mol. The number of likely N-dealkylation sites (N-methyl/N-ethyl adjacent to an activating group) is 1. The summed E-state index contributed by atoms with van der Waals surface area (Å²) in [5, 5.41) is 14.6. The van der Waals surface area contributed by atoms with Crippen LogP contribution in [0.15, 0.2) is 6.20 Å². The van der Waals surface area contributed by atoms with Crippen molar-refractivity contribution in [2.24, 2.45) is 0 Å². The number of rotatable bonds is 4. The lowest BCUT2D eigenvalue weighted by Gasteiger charge is -2.30. The SMILES string of the molecule is CCNc1nc(NC2CCCN(C)C2)c2cn[nH]c2n1. The van der Waals surface area contributed by atoms with Crippen molar-refractivity contribution in [3.8, 4) is 0 Å². The molecular weight excluding hydrogens is 254 g/mol. The largest absolute Gasteiger partial charge is 0.365 e. The molecule has 3 heterocycles. The highest BCUT2D eigenvalue weighted by atomic mass is 15.2. The molecule has 0 spiro atoms. The lowest BCUT2D eigenvalue weighted by molar-refractivity contribution is 0.261. The molecule has 108 valence electrons. The molecule has 1 unspecified atom stereocenters. The fourth-order valence-corrected chi connectivity index (χ4v) is 2.66. The van der Waals surface area contributed by atoms with Crippen LogP contribution in [0.2, 0.25) is 0 Å². The Morgan fingerprint density at radius 1 is 1.45 bits per heavy atom. The number of H-pyrrole nitrogens is 1. The molecule has 0 saturated carbocycles. The fourth-order valence-electron chi connectivity index (χ4n) is 2.66. The van der Waals surface area contributed by atoms with Crippen LogP contribution in [0, 0.1) is 0 Å². The molecule has 20 heavy (non-hydrogen) atoms. The standard InChI is InChI=1S/C13H21N7/c1-3-14-13-17-11(10-7-15-19-12(10)18-13)16-9-5-4-6-20(2)8-9/h7,9H,3-6,8H2,1-2H3,(H3,14,15,16,17,18,19). The molecule has 1 aliphatic heterocycles. The number of hydrogen-bond acceptors (Lipinski definition) is 6. The average Bonchev–Trinajstić information content (AvgIpc) is 2.87. The monoisotopic (exact) mass is 275 g/mol. The summed E-state index contributed by atoms with van der Waals surface area (Å²) in [6.07, 6.45) is 4.16. The molecular formula is C13H21N7. The molecule has 0 aliphatic carbocycles. The first-order valence-electron chi connectivity index (χ1n) is 7.16. The van der Waals surface area contributed by atoms with Gasteiger partial charge in [-0.3, -0.25) is 5.10 Å². The van der Waals surface area contributed by atoms with E-state index in [9.17, 15) is 0 Å². The van der Waals surface area contributed by atoms with Crippen molar-refractivity contribution in [3.05, 3.63) is 6.20 Å². The third-order valence-corrected chi connectivity index (χ3v) is 3.61. The topological polar surface area (TPSA) is 81.8 Å². The summed E-state index contributed by atoms with van der Waals surface area (Å²) in [5.41, 5.74) is 0.766. The van der Waals surface area contributed by atoms with E-state index in [0.717, 1.165) is 29.9 Å². The van der Waals surface area contributed by atoms with Crippen LogP contribution in [-0.2, 0) is 0 Å². The molecule has 3 rings (SSSR count). The maximum atomic E-state index is 4.57. The third kappa shape index (κ3) is 2.67. The minimum atomic E-state index is 0.427. The second-order valence-corrected chi connectivity index (χ2v) is 5.30. The van der Waals surface area contributed by atoms with Crippen LogP contribution in [0.3, 0.4) is 0 Å². The smallest absolute Gasteiger partial charge is 0.226 e. The van der Waals surface area contributed by atoms with Gasteiger partial charge in [0.1, 0.15) is 5.82 Å². The fraction of sp³-hybridized carbons (Fsp3) is 0.615. The highest BCUT2D eigenvalue weighted by Crippen LogP contribution is 2.22. The van der Waals surface area contributed by atoms with E-state index in [1.165, 1.54) is 19.4 Å². The van der Waals surface area contributed by atoms with Crippen LogP contribution in [0.5, 0.6) is 0 Å². The van der Waals surface area contributed by atoms with Crippen LogP contribution < -0.4 is 10.6 Å². The Labute approximate surface area is 118 Å². The predicted octanol–water partition coefficient (Wildman–Crippen LogP) is 1.29. The van der Waals surface area contributed by atoms with Gasteiger partial charge in [0.15, 0.2) is 5.65 Å². The first-order chi connectivity index (χ1) is 9.76. The number of fused-ring (bicyclic) bond motifs is 1. The minimum Gasteiger partial charge on any atom is -0.365 e. The van der Waals surface area contributed by atoms with E-state index in [4.69, 9.17) is 0 Å². The second-order valence-electron chi connectivity index (χ2n) is 5.30. The molecule has 0 bridgehead atoms. The highest BCUT2D eigenvalue weighted by molar-refractivity contribution is 5.87. The molecule has 0 radical (unpaired) electrons. The Hall–Kier alpha value is -1.89. The van der Waals surface area contributed by atoms with Gasteiger partial charge in [-0.2, -0.15) is 15.1 Å². The molecule has 0 amide bonds. The number of aromatic nitrogens is 4. The Balaban J connectivity index is 1.86. The van der Waals surface area contributed by atoms with Crippen LogP contribution >= 0.6 is 0 Å². The van der Waals surface area contributed by atoms with Crippen molar-refractivity contribution in [2.75, 3.05) is 37.3 Å². The highest BCUT2D eigenvalue weighted by Gasteiger charge is 2.19. The van der Waals surface area contributed by atoms with Gasteiger partial charge in [-0.05, 0) is 33.4 Å². The molecule has 2 aromatic rings. The maximum Gasteiger partial charge on any atom is 0.226 e. The third-order valence-electron chi connectivity index (χ3n) is 3.61. The molecule has 7 nitrogen and oxygen atoms in total. The molecule has 7 heteroatoms. The molecule has 3 N–H and O–H groups in total. The zero-order valence-corrected chi connectivity index (χ0v) is 12.0. The van der Waals surface area contributed by atoms with E-state index >= 15 is 0 Å². The summed E-state index contributed by atoms with van der Waals surface area (Å²) < 4.78 is 0. The van der Waals surface area contributed by atoms with E-state index in [2.05, 4.69) is 42.7 Å². The minimum absolute atomic E-state index is 0.427. The Morgan fingerprint density at radius 2 is 2.35 bits per heavy atom. The van der Waals surface area contributed by atoms with Gasteiger partial charge in [0.05, 0.1) is 11.6 Å². The van der Waals surface area contributed by atoms with Gasteiger partial charge in [-0.15, -0.1) is 0 Å². The van der Waals surface area contributed by atoms with Gasteiger partial charge in [-0.25, -0.2) is 0 Å². The quantitative estimate of drug-likeness (QED) is 0.780. The lowest BCUT2D eigenvalue weighted by Crippen LogP contribution is -2.40. The molecule has 1 atom stereocenters. The molecule has 1 saturated heterocycles. The van der Waals surface area contributed by atoms with Crippen molar-refractivity contribution < 1.29 is 0 Å². The van der Waals surface area contributed by atoms with Crippen molar-refractivity contribution in [3.63, 3.8) is 0 Å². The van der Waals surface area contributed by atoms with E-state index in [-0.39, 0.29) is 0 Å². The van der Waals surface area contributed by atoms with Crippen molar-refractivity contribution in [1.82, 2.24) is 25.1 Å². The number of piperidine rings is 1. The maximum absolute atomic E-state index is 4.57. The number of aromatic amines is 1. The lowest BCUT2D eigenvalue weighted by atomic mass is 10.1. The number of hydrogen-bond donors (Lipinski definition) is 3. The molecule has 0 aromatic carbocycles. The zero-order valence-electron chi connectivity index (χ0n) is 12.0. The van der Waals surface area contributed by atoms with Crippen LogP contribution in [0.25, 0.3) is 11.0 Å². The number of nitrogens with one attached hydrogen (secondary N) is 3. The van der Waals surface area contributed by atoms with E-state index in [0.29, 0.717) is 12.0 Å². The summed E-state index contributed by atoms with van der Waals surface area (Å²) in [7, 11) is 2.16. The van der Waals surface area contributed by atoms with E-state index < -0.39 is 0 Å². The van der Waals surface area contributed by atoms with Crippen molar-refractivity contribution >= 4 is 22.8 Å². The average molecular weight is 275 g/mol. The van der Waals surface area contributed by atoms with Crippen LogP contribution in [0.4, 0.5) is 11.8 Å². The second kappa shape index (κ2) is 5.62.